The summed E-state index contributed by atoms with van der Waals surface area (Å²) in [6, 6.07) is -0.322. The number of piperidine rings is 1. The van der Waals surface area contributed by atoms with Crippen LogP contribution in [0.4, 0.5) is 0 Å². The van der Waals surface area contributed by atoms with Crippen molar-refractivity contribution in [1.82, 2.24) is 19.9 Å². The summed E-state index contributed by atoms with van der Waals surface area (Å²) in [6.45, 7) is 4.58. The summed E-state index contributed by atoms with van der Waals surface area (Å²) >= 11 is 0. The lowest BCUT2D eigenvalue weighted by Gasteiger charge is -2.33. The SMILES string of the molecule is CCCC(N)C(=O)N1CCC(Cn2ccnn2)CC1. The molecular weight excluding hydrogens is 242 g/mol. The number of nitrogens with zero attached hydrogens (tertiary/aromatic N) is 4. The van der Waals surface area contributed by atoms with E-state index in [0.29, 0.717) is 5.92 Å². The molecule has 0 aliphatic carbocycles. The van der Waals surface area contributed by atoms with Crippen molar-refractivity contribution in [2.24, 2.45) is 11.7 Å². The largest absolute Gasteiger partial charge is 0.341 e. The summed E-state index contributed by atoms with van der Waals surface area (Å²) in [5.41, 5.74) is 5.89. The molecule has 0 saturated carbocycles. The molecule has 2 rings (SSSR count). The molecule has 1 aliphatic rings. The first-order valence-electron chi connectivity index (χ1n) is 7.09. The quantitative estimate of drug-likeness (QED) is 0.847. The number of carbonyl (C=O) groups is 1. The zero-order valence-electron chi connectivity index (χ0n) is 11.5. The molecule has 1 amide bonds. The van der Waals surface area contributed by atoms with Gasteiger partial charge >= 0.3 is 0 Å². The van der Waals surface area contributed by atoms with E-state index >= 15 is 0 Å². The van der Waals surface area contributed by atoms with Crippen LogP contribution in [-0.2, 0) is 11.3 Å². The molecular formula is C13H23N5O. The molecule has 1 fully saturated rings. The summed E-state index contributed by atoms with van der Waals surface area (Å²) < 4.78 is 1.87. The molecule has 19 heavy (non-hydrogen) atoms. The lowest BCUT2D eigenvalue weighted by molar-refractivity contribution is -0.134. The first-order valence-corrected chi connectivity index (χ1v) is 7.09. The Balaban J connectivity index is 1.77. The average molecular weight is 265 g/mol. The number of rotatable bonds is 5. The van der Waals surface area contributed by atoms with E-state index in [0.717, 1.165) is 45.3 Å². The monoisotopic (exact) mass is 265 g/mol. The molecule has 1 aliphatic heterocycles. The number of carbonyl (C=O) groups excluding carboxylic acids is 1. The first kappa shape index (κ1) is 14.0. The van der Waals surface area contributed by atoms with Crippen LogP contribution in [0, 0.1) is 5.92 Å². The second-order valence-electron chi connectivity index (χ2n) is 5.29. The summed E-state index contributed by atoms with van der Waals surface area (Å²) in [4.78, 5) is 14.0. The van der Waals surface area contributed by atoms with E-state index in [1.54, 1.807) is 6.20 Å². The summed E-state index contributed by atoms with van der Waals surface area (Å²) in [7, 11) is 0. The van der Waals surface area contributed by atoms with Gasteiger partial charge in [-0.2, -0.15) is 0 Å². The molecule has 6 heteroatoms. The van der Waals surface area contributed by atoms with Gasteiger partial charge in [0.05, 0.1) is 12.2 Å². The van der Waals surface area contributed by atoms with Gasteiger partial charge in [0, 0.05) is 25.8 Å². The van der Waals surface area contributed by atoms with Crippen LogP contribution < -0.4 is 5.73 Å². The lowest BCUT2D eigenvalue weighted by Crippen LogP contribution is -2.47. The molecule has 6 nitrogen and oxygen atoms in total. The van der Waals surface area contributed by atoms with Crippen molar-refractivity contribution < 1.29 is 4.79 Å². The standard InChI is InChI=1S/C13H23N5O/c1-2-3-12(14)13(19)17-7-4-11(5-8-17)10-18-9-6-15-16-18/h6,9,11-12H,2-5,7-8,10,14H2,1H3. The van der Waals surface area contributed by atoms with Gasteiger partial charge in [0.15, 0.2) is 0 Å². The molecule has 1 atom stereocenters. The second kappa shape index (κ2) is 6.65. The van der Waals surface area contributed by atoms with Gasteiger partial charge in [0.2, 0.25) is 5.91 Å². The maximum atomic E-state index is 12.1. The minimum atomic E-state index is -0.322. The highest BCUT2D eigenvalue weighted by molar-refractivity contribution is 5.81. The van der Waals surface area contributed by atoms with Crippen molar-refractivity contribution in [1.29, 1.82) is 0 Å². The molecule has 1 unspecified atom stereocenters. The third-order valence-corrected chi connectivity index (χ3v) is 3.76. The Morgan fingerprint density at radius 1 is 1.47 bits per heavy atom. The Morgan fingerprint density at radius 2 is 2.21 bits per heavy atom. The van der Waals surface area contributed by atoms with Crippen LogP contribution in [0.25, 0.3) is 0 Å². The van der Waals surface area contributed by atoms with Crippen LogP contribution in [0.1, 0.15) is 32.6 Å². The number of hydrogen-bond acceptors (Lipinski definition) is 4. The number of aromatic nitrogens is 3. The minimum absolute atomic E-state index is 0.112. The van der Waals surface area contributed by atoms with Crippen molar-refractivity contribution in [2.45, 2.75) is 45.2 Å². The number of hydrogen-bond donors (Lipinski definition) is 1. The summed E-state index contributed by atoms with van der Waals surface area (Å²) in [5, 5.41) is 7.79. The predicted molar refractivity (Wildman–Crippen MR) is 72.2 cm³/mol. The molecule has 0 bridgehead atoms. The van der Waals surface area contributed by atoms with Gasteiger partial charge in [-0.3, -0.25) is 9.48 Å². The molecule has 0 aromatic carbocycles. The van der Waals surface area contributed by atoms with Crippen LogP contribution in [0.2, 0.25) is 0 Å². The number of amides is 1. The lowest BCUT2D eigenvalue weighted by atomic mass is 9.96. The molecule has 1 aromatic heterocycles. The number of nitrogens with two attached hydrogens (primary N) is 1. The summed E-state index contributed by atoms with van der Waals surface area (Å²) in [5.74, 6) is 0.689. The highest BCUT2D eigenvalue weighted by atomic mass is 16.2. The van der Waals surface area contributed by atoms with Crippen LogP contribution in [0.5, 0.6) is 0 Å². The van der Waals surface area contributed by atoms with E-state index < -0.39 is 0 Å². The van der Waals surface area contributed by atoms with Crippen LogP contribution in [-0.4, -0.2) is 44.9 Å². The normalized spacial score (nSPS) is 18.5. The highest BCUT2D eigenvalue weighted by Crippen LogP contribution is 2.19. The molecule has 106 valence electrons. The van der Waals surface area contributed by atoms with Crippen molar-refractivity contribution in [3.63, 3.8) is 0 Å². The Labute approximate surface area is 113 Å². The maximum Gasteiger partial charge on any atom is 0.239 e. The Bertz CT molecular complexity index is 384. The van der Waals surface area contributed by atoms with E-state index in [1.165, 1.54) is 0 Å². The molecule has 1 saturated heterocycles. The Morgan fingerprint density at radius 3 is 2.79 bits per heavy atom. The molecule has 0 radical (unpaired) electrons. The van der Waals surface area contributed by atoms with E-state index in [9.17, 15) is 4.79 Å². The molecule has 2 N–H and O–H groups in total. The van der Waals surface area contributed by atoms with Crippen LogP contribution in [0.15, 0.2) is 12.4 Å². The van der Waals surface area contributed by atoms with Crippen molar-refractivity contribution >= 4 is 5.91 Å². The van der Waals surface area contributed by atoms with Crippen molar-refractivity contribution in [3.05, 3.63) is 12.4 Å². The zero-order chi connectivity index (χ0) is 13.7. The Kier molecular flexibility index (Phi) is 4.90. The van der Waals surface area contributed by atoms with Gasteiger partial charge in [-0.05, 0) is 25.2 Å². The van der Waals surface area contributed by atoms with Gasteiger partial charge in [0.1, 0.15) is 0 Å². The maximum absolute atomic E-state index is 12.1. The third kappa shape index (κ3) is 3.76. The molecule has 1 aromatic rings. The van der Waals surface area contributed by atoms with Crippen LogP contribution >= 0.6 is 0 Å². The van der Waals surface area contributed by atoms with E-state index in [2.05, 4.69) is 17.2 Å². The fourth-order valence-corrected chi connectivity index (χ4v) is 2.60. The van der Waals surface area contributed by atoms with E-state index in [4.69, 9.17) is 5.73 Å². The van der Waals surface area contributed by atoms with Gasteiger partial charge < -0.3 is 10.6 Å². The van der Waals surface area contributed by atoms with E-state index in [1.807, 2.05) is 15.8 Å². The fraction of sp³-hybridized carbons (Fsp3) is 0.769. The third-order valence-electron chi connectivity index (χ3n) is 3.76. The zero-order valence-corrected chi connectivity index (χ0v) is 11.5. The average Bonchev–Trinajstić information content (AvgIpc) is 2.92. The van der Waals surface area contributed by atoms with Gasteiger partial charge in [-0.1, -0.05) is 18.6 Å². The topological polar surface area (TPSA) is 77.0 Å². The van der Waals surface area contributed by atoms with Crippen molar-refractivity contribution in [2.75, 3.05) is 13.1 Å². The first-order chi connectivity index (χ1) is 9.20. The molecule has 0 spiro atoms. The van der Waals surface area contributed by atoms with E-state index in [-0.39, 0.29) is 11.9 Å². The van der Waals surface area contributed by atoms with Gasteiger partial charge in [0.25, 0.3) is 0 Å². The number of likely N-dealkylation sites (tertiary alicyclic amines) is 1. The summed E-state index contributed by atoms with van der Waals surface area (Å²) in [6.07, 6.45) is 7.35. The predicted octanol–water partition coefficient (Wildman–Crippen LogP) is 0.644. The molecule has 2 heterocycles. The Hall–Kier alpha value is -1.43. The smallest absolute Gasteiger partial charge is 0.239 e. The fourth-order valence-electron chi connectivity index (χ4n) is 2.60. The minimum Gasteiger partial charge on any atom is -0.341 e. The van der Waals surface area contributed by atoms with Crippen molar-refractivity contribution in [3.8, 4) is 0 Å². The van der Waals surface area contributed by atoms with Crippen LogP contribution in [0.3, 0.4) is 0 Å². The van der Waals surface area contributed by atoms with Gasteiger partial charge in [-0.25, -0.2) is 0 Å². The second-order valence-corrected chi connectivity index (χ2v) is 5.29. The van der Waals surface area contributed by atoms with Gasteiger partial charge in [-0.15, -0.1) is 5.10 Å². The highest BCUT2D eigenvalue weighted by Gasteiger charge is 2.26.